The lowest BCUT2D eigenvalue weighted by Gasteiger charge is -2.36. The van der Waals surface area contributed by atoms with E-state index in [0.29, 0.717) is 6.04 Å². The molecule has 2 rings (SSSR count). The second kappa shape index (κ2) is 5.97. The predicted molar refractivity (Wildman–Crippen MR) is 72.4 cm³/mol. The quantitative estimate of drug-likeness (QED) is 0.647. The smallest absolute Gasteiger partial charge is 0.326 e. The summed E-state index contributed by atoms with van der Waals surface area (Å²) in [7, 11) is 2.06. The highest BCUT2D eigenvalue weighted by Crippen LogP contribution is 2.20. The zero-order chi connectivity index (χ0) is 14.9. The van der Waals surface area contributed by atoms with E-state index in [1.54, 1.807) is 0 Å². The predicted octanol–water partition coefficient (Wildman–Crippen LogP) is -0.301. The van der Waals surface area contributed by atoms with Gasteiger partial charge in [0.1, 0.15) is 6.04 Å². The van der Waals surface area contributed by atoms with Gasteiger partial charge in [-0.25, -0.2) is 9.59 Å². The lowest BCUT2D eigenvalue weighted by atomic mass is 9.99. The van der Waals surface area contributed by atoms with Gasteiger partial charge in [-0.3, -0.25) is 0 Å². The van der Waals surface area contributed by atoms with Gasteiger partial charge in [0.15, 0.2) is 0 Å². The van der Waals surface area contributed by atoms with E-state index in [1.807, 2.05) is 0 Å². The normalized spacial score (nSPS) is 35.0. The standard InChI is InChI=1S/C13H23N3O4/c1-8-5-9(3-4-15(8)2)14-13(20)16-7-10(17)6-11(16)12(18)19/h8-11,17H,3-7H2,1-2H3,(H,14,20)(H,18,19)/t8?,9?,10-,11+/m1/s1. The van der Waals surface area contributed by atoms with E-state index in [2.05, 4.69) is 24.2 Å². The molecular weight excluding hydrogens is 262 g/mol. The van der Waals surface area contributed by atoms with Crippen molar-refractivity contribution in [2.75, 3.05) is 20.1 Å². The van der Waals surface area contributed by atoms with Crippen molar-refractivity contribution in [1.82, 2.24) is 15.1 Å². The number of amides is 2. The third-order valence-electron chi connectivity index (χ3n) is 4.36. The maximum Gasteiger partial charge on any atom is 0.326 e. The number of likely N-dealkylation sites (tertiary alicyclic amines) is 2. The SMILES string of the molecule is CC1CC(NC(=O)N2C[C@H](O)C[C@H]2C(=O)O)CCN1C. The van der Waals surface area contributed by atoms with Crippen molar-refractivity contribution in [1.29, 1.82) is 0 Å². The van der Waals surface area contributed by atoms with Crippen molar-refractivity contribution in [2.45, 2.75) is 50.4 Å². The van der Waals surface area contributed by atoms with E-state index in [-0.39, 0.29) is 25.0 Å². The fourth-order valence-corrected chi connectivity index (χ4v) is 2.95. The van der Waals surface area contributed by atoms with Crippen LogP contribution in [-0.4, -0.2) is 76.4 Å². The van der Waals surface area contributed by atoms with Crippen molar-refractivity contribution < 1.29 is 19.8 Å². The van der Waals surface area contributed by atoms with Gasteiger partial charge in [-0.15, -0.1) is 0 Å². The van der Waals surface area contributed by atoms with Gasteiger partial charge in [0.2, 0.25) is 0 Å². The van der Waals surface area contributed by atoms with Gasteiger partial charge < -0.3 is 25.3 Å². The zero-order valence-electron chi connectivity index (χ0n) is 12.0. The summed E-state index contributed by atoms with van der Waals surface area (Å²) in [5.74, 6) is -1.06. The number of piperidine rings is 1. The first-order valence-electron chi connectivity index (χ1n) is 7.06. The Hall–Kier alpha value is -1.34. The Kier molecular flexibility index (Phi) is 4.49. The Balaban J connectivity index is 1.92. The first-order valence-corrected chi connectivity index (χ1v) is 7.06. The van der Waals surface area contributed by atoms with Crippen molar-refractivity contribution in [2.24, 2.45) is 0 Å². The van der Waals surface area contributed by atoms with Gasteiger partial charge >= 0.3 is 12.0 Å². The Morgan fingerprint density at radius 2 is 2.00 bits per heavy atom. The van der Waals surface area contributed by atoms with Crippen LogP contribution in [0.4, 0.5) is 4.79 Å². The molecule has 7 nitrogen and oxygen atoms in total. The van der Waals surface area contributed by atoms with Gasteiger partial charge in [-0.1, -0.05) is 0 Å². The van der Waals surface area contributed by atoms with Crippen LogP contribution < -0.4 is 5.32 Å². The number of nitrogens with zero attached hydrogens (tertiary/aromatic N) is 2. The van der Waals surface area contributed by atoms with Crippen LogP contribution in [-0.2, 0) is 4.79 Å². The van der Waals surface area contributed by atoms with Crippen LogP contribution >= 0.6 is 0 Å². The molecule has 0 aromatic rings. The largest absolute Gasteiger partial charge is 0.480 e. The van der Waals surface area contributed by atoms with Crippen LogP contribution in [0, 0.1) is 0 Å². The lowest BCUT2D eigenvalue weighted by molar-refractivity contribution is -0.141. The molecule has 0 aromatic heterocycles. The van der Waals surface area contributed by atoms with Crippen molar-refractivity contribution >= 4 is 12.0 Å². The maximum atomic E-state index is 12.2. The van der Waals surface area contributed by atoms with Gasteiger partial charge in [0.25, 0.3) is 0 Å². The van der Waals surface area contributed by atoms with Crippen molar-refractivity contribution in [3.8, 4) is 0 Å². The minimum Gasteiger partial charge on any atom is -0.480 e. The van der Waals surface area contributed by atoms with E-state index in [1.165, 1.54) is 4.90 Å². The molecule has 2 unspecified atom stereocenters. The van der Waals surface area contributed by atoms with Crippen LogP contribution in [0.1, 0.15) is 26.2 Å². The molecule has 2 heterocycles. The van der Waals surface area contributed by atoms with E-state index < -0.39 is 18.1 Å². The molecule has 2 fully saturated rings. The maximum absolute atomic E-state index is 12.2. The van der Waals surface area contributed by atoms with Crippen LogP contribution in [0.25, 0.3) is 0 Å². The summed E-state index contributed by atoms with van der Waals surface area (Å²) in [5.41, 5.74) is 0. The molecule has 0 aromatic carbocycles. The highest BCUT2D eigenvalue weighted by Gasteiger charge is 2.39. The summed E-state index contributed by atoms with van der Waals surface area (Å²) in [6, 6.07) is -0.834. The van der Waals surface area contributed by atoms with Gasteiger partial charge in [-0.05, 0) is 26.8 Å². The molecule has 114 valence electrons. The number of carboxylic acid groups (broad SMARTS) is 1. The second-order valence-electron chi connectivity index (χ2n) is 5.90. The number of carbonyl (C=O) groups excluding carboxylic acids is 1. The monoisotopic (exact) mass is 285 g/mol. The molecule has 2 aliphatic rings. The average Bonchev–Trinajstić information content (AvgIpc) is 2.76. The fraction of sp³-hybridized carbons (Fsp3) is 0.846. The third kappa shape index (κ3) is 3.21. The number of urea groups is 1. The van der Waals surface area contributed by atoms with Crippen LogP contribution in [0.15, 0.2) is 0 Å². The number of nitrogens with one attached hydrogen (secondary N) is 1. The van der Waals surface area contributed by atoms with E-state index in [0.717, 1.165) is 19.4 Å². The van der Waals surface area contributed by atoms with E-state index >= 15 is 0 Å². The minimum atomic E-state index is -1.06. The summed E-state index contributed by atoms with van der Waals surface area (Å²) in [6.45, 7) is 3.11. The molecule has 0 bridgehead atoms. The van der Waals surface area contributed by atoms with Crippen LogP contribution in [0.5, 0.6) is 0 Å². The summed E-state index contributed by atoms with van der Waals surface area (Å²) in [6.07, 6.45) is 1.07. The highest BCUT2D eigenvalue weighted by atomic mass is 16.4. The van der Waals surface area contributed by atoms with Crippen LogP contribution in [0.2, 0.25) is 0 Å². The molecule has 7 heteroatoms. The minimum absolute atomic E-state index is 0.0703. The Labute approximate surface area is 118 Å². The number of hydrogen-bond acceptors (Lipinski definition) is 4. The van der Waals surface area contributed by atoms with Crippen molar-refractivity contribution in [3.05, 3.63) is 0 Å². The number of hydrogen-bond donors (Lipinski definition) is 3. The molecule has 0 saturated carbocycles. The summed E-state index contributed by atoms with van der Waals surface area (Å²) in [4.78, 5) is 26.8. The Morgan fingerprint density at radius 1 is 1.30 bits per heavy atom. The number of aliphatic hydroxyl groups is 1. The van der Waals surface area contributed by atoms with E-state index in [9.17, 15) is 14.7 Å². The average molecular weight is 285 g/mol. The second-order valence-corrected chi connectivity index (χ2v) is 5.90. The molecule has 0 aliphatic carbocycles. The summed E-state index contributed by atoms with van der Waals surface area (Å²) >= 11 is 0. The topological polar surface area (TPSA) is 93.1 Å². The summed E-state index contributed by atoms with van der Waals surface area (Å²) < 4.78 is 0. The number of rotatable bonds is 2. The fourth-order valence-electron chi connectivity index (χ4n) is 2.95. The van der Waals surface area contributed by atoms with Crippen LogP contribution in [0.3, 0.4) is 0 Å². The Morgan fingerprint density at radius 3 is 2.60 bits per heavy atom. The first kappa shape index (κ1) is 15.1. The van der Waals surface area contributed by atoms with Gasteiger partial charge in [-0.2, -0.15) is 0 Å². The van der Waals surface area contributed by atoms with E-state index in [4.69, 9.17) is 5.11 Å². The molecular formula is C13H23N3O4. The lowest BCUT2D eigenvalue weighted by Crippen LogP contribution is -2.53. The molecule has 2 amide bonds. The molecule has 4 atom stereocenters. The molecule has 20 heavy (non-hydrogen) atoms. The van der Waals surface area contributed by atoms with Crippen molar-refractivity contribution in [3.63, 3.8) is 0 Å². The zero-order valence-corrected chi connectivity index (χ0v) is 12.0. The first-order chi connectivity index (χ1) is 9.38. The number of aliphatic hydroxyl groups excluding tert-OH is 1. The molecule has 3 N–H and O–H groups in total. The van der Waals surface area contributed by atoms with Gasteiger partial charge in [0.05, 0.1) is 6.10 Å². The molecule has 0 spiro atoms. The molecule has 2 aliphatic heterocycles. The summed E-state index contributed by atoms with van der Waals surface area (Å²) in [5, 5.41) is 21.6. The Bertz CT molecular complexity index is 390. The molecule has 0 radical (unpaired) electrons. The number of carbonyl (C=O) groups is 2. The number of β-amino-alcohol motifs (C(OH)–C–C–N with tert-alkyl or cyclic N) is 1. The highest BCUT2D eigenvalue weighted by molar-refractivity contribution is 5.83. The third-order valence-corrected chi connectivity index (χ3v) is 4.36. The van der Waals surface area contributed by atoms with Gasteiger partial charge in [0, 0.05) is 31.6 Å². The number of aliphatic carboxylic acids is 1. The number of carboxylic acids is 1. The molecule has 2 saturated heterocycles.